The number of hydrogen-bond donors (Lipinski definition) is 0. The predicted octanol–water partition coefficient (Wildman–Crippen LogP) is 4.13. The molecule has 3 nitrogen and oxygen atoms in total. The molecule has 0 spiro atoms. The lowest BCUT2D eigenvalue weighted by atomic mass is 10.2. The SMILES string of the molecule is C#CCN(c1ccccc1C)S(=O)(=O)c1cc(Cl)ccc1Cl. The van der Waals surface area contributed by atoms with E-state index in [1.165, 1.54) is 18.2 Å². The van der Waals surface area contributed by atoms with E-state index < -0.39 is 10.0 Å². The van der Waals surface area contributed by atoms with Gasteiger partial charge in [-0.1, -0.05) is 47.3 Å². The molecule has 2 aromatic rings. The minimum atomic E-state index is -3.92. The lowest BCUT2D eigenvalue weighted by molar-refractivity contribution is 0.593. The van der Waals surface area contributed by atoms with Crippen LogP contribution in [-0.4, -0.2) is 15.0 Å². The zero-order valence-electron chi connectivity index (χ0n) is 11.8. The van der Waals surface area contributed by atoms with E-state index in [4.69, 9.17) is 29.6 Å². The zero-order chi connectivity index (χ0) is 16.3. The van der Waals surface area contributed by atoms with Crippen LogP contribution >= 0.6 is 23.2 Å². The molecule has 0 radical (unpaired) electrons. The van der Waals surface area contributed by atoms with Gasteiger partial charge in [0.25, 0.3) is 10.0 Å². The molecule has 2 rings (SSSR count). The molecule has 0 atom stereocenters. The second-order valence-corrected chi connectivity index (χ2v) is 7.25. The van der Waals surface area contributed by atoms with Crippen LogP contribution in [0.15, 0.2) is 47.4 Å². The summed E-state index contributed by atoms with van der Waals surface area (Å²) in [4.78, 5) is -0.0693. The van der Waals surface area contributed by atoms with Gasteiger partial charge in [-0.25, -0.2) is 8.42 Å². The Hall–Kier alpha value is -1.67. The van der Waals surface area contributed by atoms with E-state index in [9.17, 15) is 8.42 Å². The summed E-state index contributed by atoms with van der Waals surface area (Å²) in [6.07, 6.45) is 5.34. The largest absolute Gasteiger partial charge is 0.266 e. The van der Waals surface area contributed by atoms with Gasteiger partial charge < -0.3 is 0 Å². The van der Waals surface area contributed by atoms with Crippen molar-refractivity contribution < 1.29 is 8.42 Å². The first-order chi connectivity index (χ1) is 10.4. The fourth-order valence-corrected chi connectivity index (χ4v) is 4.20. The lowest BCUT2D eigenvalue weighted by Gasteiger charge is -2.24. The summed E-state index contributed by atoms with van der Waals surface area (Å²) in [6.45, 7) is 1.71. The first-order valence-corrected chi connectivity index (χ1v) is 8.54. The van der Waals surface area contributed by atoms with Gasteiger partial charge in [-0.05, 0) is 36.8 Å². The minimum absolute atomic E-state index is 0.0693. The maximum Gasteiger partial charge on any atom is 0.266 e. The average Bonchev–Trinajstić information content (AvgIpc) is 2.48. The van der Waals surface area contributed by atoms with Crippen molar-refractivity contribution in [3.8, 4) is 12.3 Å². The van der Waals surface area contributed by atoms with Gasteiger partial charge in [-0.15, -0.1) is 6.42 Å². The number of aryl methyl sites for hydroxylation is 1. The van der Waals surface area contributed by atoms with E-state index in [0.717, 1.165) is 9.87 Å². The van der Waals surface area contributed by atoms with Crippen molar-refractivity contribution in [1.29, 1.82) is 0 Å². The number of benzene rings is 2. The highest BCUT2D eigenvalue weighted by Crippen LogP contribution is 2.31. The van der Waals surface area contributed by atoms with Crippen LogP contribution in [0.2, 0.25) is 10.0 Å². The van der Waals surface area contributed by atoms with Crippen LogP contribution in [0.5, 0.6) is 0 Å². The molecule has 0 N–H and O–H groups in total. The third-order valence-electron chi connectivity index (χ3n) is 3.08. The Morgan fingerprint density at radius 3 is 2.50 bits per heavy atom. The fourth-order valence-electron chi connectivity index (χ4n) is 2.02. The summed E-state index contributed by atoms with van der Waals surface area (Å²) in [5.74, 6) is 2.37. The number of anilines is 1. The maximum absolute atomic E-state index is 12.9. The molecular formula is C16H13Cl2NO2S. The monoisotopic (exact) mass is 353 g/mol. The number of nitrogens with zero attached hydrogens (tertiary/aromatic N) is 1. The maximum atomic E-state index is 12.9. The van der Waals surface area contributed by atoms with E-state index in [2.05, 4.69) is 5.92 Å². The molecule has 6 heteroatoms. The number of terminal acetylenes is 1. The van der Waals surface area contributed by atoms with Crippen LogP contribution < -0.4 is 4.31 Å². The molecule has 0 saturated heterocycles. The first-order valence-electron chi connectivity index (χ1n) is 6.35. The Morgan fingerprint density at radius 2 is 1.86 bits per heavy atom. The third-order valence-corrected chi connectivity index (χ3v) is 5.56. The average molecular weight is 354 g/mol. The summed E-state index contributed by atoms with van der Waals surface area (Å²) in [5, 5.41) is 0.383. The highest BCUT2D eigenvalue weighted by molar-refractivity contribution is 7.93. The smallest absolute Gasteiger partial charge is 0.254 e. The molecule has 0 aromatic heterocycles. The summed E-state index contributed by atoms with van der Waals surface area (Å²) in [7, 11) is -3.92. The first kappa shape index (κ1) is 16.7. The second-order valence-electron chi connectivity index (χ2n) is 4.58. The second kappa shape index (κ2) is 6.62. The Balaban J connectivity index is 2.64. The van der Waals surface area contributed by atoms with E-state index in [1.807, 2.05) is 19.1 Å². The van der Waals surface area contributed by atoms with Gasteiger partial charge in [-0.2, -0.15) is 0 Å². The van der Waals surface area contributed by atoms with Gasteiger partial charge in [0.2, 0.25) is 0 Å². The molecule has 0 aliphatic heterocycles. The van der Waals surface area contributed by atoms with Crippen molar-refractivity contribution in [2.45, 2.75) is 11.8 Å². The molecule has 2 aromatic carbocycles. The summed E-state index contributed by atoms with van der Waals surface area (Å²) in [5.41, 5.74) is 1.30. The molecule has 0 amide bonds. The van der Waals surface area contributed by atoms with Gasteiger partial charge in [0.15, 0.2) is 0 Å². The normalized spacial score (nSPS) is 11.0. The minimum Gasteiger partial charge on any atom is -0.254 e. The van der Waals surface area contributed by atoms with Gasteiger partial charge in [-0.3, -0.25) is 4.31 Å². The topological polar surface area (TPSA) is 37.4 Å². The van der Waals surface area contributed by atoms with Crippen LogP contribution in [0.25, 0.3) is 0 Å². The molecule has 0 saturated carbocycles. The van der Waals surface area contributed by atoms with E-state index in [0.29, 0.717) is 5.69 Å². The summed E-state index contributed by atoms with van der Waals surface area (Å²) >= 11 is 11.9. The highest BCUT2D eigenvalue weighted by Gasteiger charge is 2.27. The van der Waals surface area contributed by atoms with Crippen molar-refractivity contribution in [2.75, 3.05) is 10.8 Å². The Morgan fingerprint density at radius 1 is 1.18 bits per heavy atom. The Bertz CT molecular complexity index is 841. The fraction of sp³-hybridized carbons (Fsp3) is 0.125. The van der Waals surface area contributed by atoms with Gasteiger partial charge in [0, 0.05) is 5.02 Å². The molecule has 0 aliphatic carbocycles. The molecule has 0 unspecified atom stereocenters. The van der Waals surface area contributed by atoms with Crippen molar-refractivity contribution in [2.24, 2.45) is 0 Å². The molecule has 0 bridgehead atoms. The number of sulfonamides is 1. The van der Waals surface area contributed by atoms with Gasteiger partial charge in [0.1, 0.15) is 4.90 Å². The number of hydrogen-bond acceptors (Lipinski definition) is 2. The Kier molecular flexibility index (Phi) is 5.02. The molecule has 0 heterocycles. The van der Waals surface area contributed by atoms with Gasteiger partial charge >= 0.3 is 0 Å². The number of para-hydroxylation sites is 1. The quantitative estimate of drug-likeness (QED) is 0.775. The third kappa shape index (κ3) is 3.22. The predicted molar refractivity (Wildman–Crippen MR) is 91.0 cm³/mol. The van der Waals surface area contributed by atoms with Crippen LogP contribution in [0.3, 0.4) is 0 Å². The number of halogens is 2. The summed E-state index contributed by atoms with van der Waals surface area (Å²) < 4.78 is 27.0. The van der Waals surface area contributed by atoms with Crippen LogP contribution in [0.4, 0.5) is 5.69 Å². The lowest BCUT2D eigenvalue weighted by Crippen LogP contribution is -2.32. The zero-order valence-corrected chi connectivity index (χ0v) is 14.1. The van der Waals surface area contributed by atoms with Crippen molar-refractivity contribution in [3.05, 3.63) is 58.1 Å². The van der Waals surface area contributed by atoms with E-state index in [1.54, 1.807) is 12.1 Å². The summed E-state index contributed by atoms with van der Waals surface area (Å²) in [6, 6.07) is 11.4. The standard InChI is InChI=1S/C16H13Cl2NO2S/c1-3-10-19(15-7-5-4-6-12(15)2)22(20,21)16-11-13(17)8-9-14(16)18/h1,4-9,11H,10H2,2H3. The van der Waals surface area contributed by atoms with E-state index >= 15 is 0 Å². The number of rotatable bonds is 4. The van der Waals surface area contributed by atoms with Crippen LogP contribution in [0, 0.1) is 19.3 Å². The molecule has 0 aliphatic rings. The molecule has 0 fully saturated rings. The molecular weight excluding hydrogens is 341 g/mol. The van der Waals surface area contributed by atoms with Crippen molar-refractivity contribution >= 4 is 38.9 Å². The van der Waals surface area contributed by atoms with Crippen LogP contribution in [0.1, 0.15) is 5.56 Å². The Labute approximate surface area is 140 Å². The highest BCUT2D eigenvalue weighted by atomic mass is 35.5. The van der Waals surface area contributed by atoms with E-state index in [-0.39, 0.29) is 21.5 Å². The molecule has 22 heavy (non-hydrogen) atoms. The van der Waals surface area contributed by atoms with Crippen molar-refractivity contribution in [1.82, 2.24) is 0 Å². The van der Waals surface area contributed by atoms with Gasteiger partial charge in [0.05, 0.1) is 17.3 Å². The van der Waals surface area contributed by atoms with Crippen molar-refractivity contribution in [3.63, 3.8) is 0 Å². The molecule has 114 valence electrons. The van der Waals surface area contributed by atoms with Crippen LogP contribution in [-0.2, 0) is 10.0 Å².